The molecule has 0 aliphatic rings. The zero-order valence-corrected chi connectivity index (χ0v) is 16.6. The maximum absolute atomic E-state index is 12.6. The summed E-state index contributed by atoms with van der Waals surface area (Å²) < 4.78 is 4.93. The number of carbonyl (C=O) groups is 2. The molecule has 0 aliphatic heterocycles. The molecule has 0 fully saturated rings. The third-order valence-corrected chi connectivity index (χ3v) is 4.97. The van der Waals surface area contributed by atoms with E-state index < -0.39 is 0 Å². The van der Waals surface area contributed by atoms with Crippen LogP contribution in [0.25, 0.3) is 0 Å². The van der Waals surface area contributed by atoms with Crippen molar-refractivity contribution >= 4 is 35.1 Å². The van der Waals surface area contributed by atoms with E-state index in [1.165, 1.54) is 11.8 Å². The topological polar surface area (TPSA) is 75.4 Å². The minimum absolute atomic E-state index is 0.0144. The zero-order chi connectivity index (χ0) is 19.3. The number of amides is 2. The summed E-state index contributed by atoms with van der Waals surface area (Å²) in [5, 5.41) is 6.05. The molecule has 0 spiro atoms. The fraction of sp³-hybridized carbons (Fsp3) is 0.421. The van der Waals surface area contributed by atoms with E-state index in [-0.39, 0.29) is 22.8 Å². The monoisotopic (exact) mass is 375 g/mol. The Morgan fingerprint density at radius 2 is 1.85 bits per heavy atom. The molecular weight excluding hydrogens is 350 g/mol. The summed E-state index contributed by atoms with van der Waals surface area (Å²) in [6.07, 6.45) is 0. The first-order valence-corrected chi connectivity index (χ1v) is 9.59. The van der Waals surface area contributed by atoms with Gasteiger partial charge in [-0.15, -0.1) is 11.8 Å². The van der Waals surface area contributed by atoms with Crippen molar-refractivity contribution in [2.45, 2.75) is 39.9 Å². The van der Waals surface area contributed by atoms with Crippen LogP contribution in [0.5, 0.6) is 0 Å². The summed E-state index contributed by atoms with van der Waals surface area (Å²) in [7, 11) is 0. The largest absolute Gasteiger partial charge is 0.360 e. The van der Waals surface area contributed by atoms with Crippen molar-refractivity contribution in [3.63, 3.8) is 0 Å². The van der Waals surface area contributed by atoms with Crippen molar-refractivity contribution in [3.05, 3.63) is 41.2 Å². The van der Waals surface area contributed by atoms with Crippen LogP contribution in [-0.2, 0) is 9.59 Å². The Balaban J connectivity index is 1.93. The summed E-state index contributed by atoms with van der Waals surface area (Å²) in [4.78, 5) is 26.6. The first kappa shape index (κ1) is 20.0. The van der Waals surface area contributed by atoms with Crippen molar-refractivity contribution in [1.82, 2.24) is 5.16 Å². The van der Waals surface area contributed by atoms with Crippen molar-refractivity contribution < 1.29 is 14.1 Å². The van der Waals surface area contributed by atoms with E-state index in [0.717, 1.165) is 16.8 Å². The van der Waals surface area contributed by atoms with Gasteiger partial charge in [-0.2, -0.15) is 0 Å². The smallest absolute Gasteiger partial charge is 0.238 e. The minimum Gasteiger partial charge on any atom is -0.360 e. The van der Waals surface area contributed by atoms with Crippen molar-refractivity contribution in [1.29, 1.82) is 0 Å². The SMILES string of the molecule is CCN(C(=O)CSC(C)C(=O)Nc1cc(C)on1)c1cc(C)cc(C)c1. The van der Waals surface area contributed by atoms with E-state index in [4.69, 9.17) is 4.52 Å². The van der Waals surface area contributed by atoms with Gasteiger partial charge in [0.1, 0.15) is 5.76 Å². The van der Waals surface area contributed by atoms with Crippen molar-refractivity contribution in [3.8, 4) is 0 Å². The van der Waals surface area contributed by atoms with Gasteiger partial charge in [0.15, 0.2) is 5.82 Å². The van der Waals surface area contributed by atoms with E-state index in [0.29, 0.717) is 18.1 Å². The van der Waals surface area contributed by atoms with Gasteiger partial charge in [0.2, 0.25) is 11.8 Å². The molecular formula is C19H25N3O3S. The Bertz CT molecular complexity index is 768. The molecule has 140 valence electrons. The van der Waals surface area contributed by atoms with Crippen LogP contribution < -0.4 is 10.2 Å². The second-order valence-corrected chi connectivity index (χ2v) is 7.58. The molecule has 26 heavy (non-hydrogen) atoms. The normalized spacial score (nSPS) is 11.9. The van der Waals surface area contributed by atoms with Crippen LogP contribution in [0.1, 0.15) is 30.7 Å². The van der Waals surface area contributed by atoms with Crippen LogP contribution in [0.2, 0.25) is 0 Å². The number of benzene rings is 1. The molecule has 1 heterocycles. The van der Waals surface area contributed by atoms with Crippen LogP contribution in [0, 0.1) is 20.8 Å². The number of carbonyl (C=O) groups excluding carboxylic acids is 2. The lowest BCUT2D eigenvalue weighted by molar-refractivity contribution is -0.116. The molecule has 2 rings (SSSR count). The molecule has 1 atom stereocenters. The van der Waals surface area contributed by atoms with Crippen LogP contribution in [0.4, 0.5) is 11.5 Å². The predicted molar refractivity (Wildman–Crippen MR) is 106 cm³/mol. The number of hydrogen-bond acceptors (Lipinski definition) is 5. The van der Waals surface area contributed by atoms with Crippen LogP contribution in [-0.4, -0.2) is 34.5 Å². The van der Waals surface area contributed by atoms with E-state index in [2.05, 4.69) is 16.5 Å². The van der Waals surface area contributed by atoms with Gasteiger partial charge in [-0.3, -0.25) is 9.59 Å². The third kappa shape index (κ3) is 5.36. The quantitative estimate of drug-likeness (QED) is 0.798. The standard InChI is InChI=1S/C19H25N3O3S/c1-6-22(16-8-12(2)7-13(3)9-16)18(23)11-26-15(5)19(24)20-17-10-14(4)25-21-17/h7-10,15H,6,11H2,1-5H3,(H,20,21,24). The third-order valence-electron chi connectivity index (χ3n) is 3.84. The Labute approximate surface area is 158 Å². The van der Waals surface area contributed by atoms with Gasteiger partial charge in [0, 0.05) is 18.3 Å². The van der Waals surface area contributed by atoms with Gasteiger partial charge in [-0.05, 0) is 57.9 Å². The molecule has 7 heteroatoms. The first-order chi connectivity index (χ1) is 12.3. The van der Waals surface area contributed by atoms with Gasteiger partial charge in [0.05, 0.1) is 11.0 Å². The van der Waals surface area contributed by atoms with E-state index >= 15 is 0 Å². The second-order valence-electron chi connectivity index (χ2n) is 6.25. The molecule has 1 N–H and O–H groups in total. The molecule has 2 aromatic rings. The number of anilines is 2. The Hall–Kier alpha value is -2.28. The lowest BCUT2D eigenvalue weighted by atomic mass is 10.1. The van der Waals surface area contributed by atoms with Crippen molar-refractivity contribution in [2.24, 2.45) is 0 Å². The highest BCUT2D eigenvalue weighted by molar-refractivity contribution is 8.01. The highest BCUT2D eigenvalue weighted by atomic mass is 32.2. The Morgan fingerprint density at radius 1 is 1.19 bits per heavy atom. The Morgan fingerprint density at radius 3 is 2.38 bits per heavy atom. The predicted octanol–water partition coefficient (Wildman–Crippen LogP) is 3.71. The number of nitrogens with zero attached hydrogens (tertiary/aromatic N) is 2. The fourth-order valence-electron chi connectivity index (χ4n) is 2.61. The minimum atomic E-state index is -0.381. The van der Waals surface area contributed by atoms with Crippen LogP contribution >= 0.6 is 11.8 Å². The first-order valence-electron chi connectivity index (χ1n) is 8.54. The van der Waals surface area contributed by atoms with Gasteiger partial charge in [-0.1, -0.05) is 11.2 Å². The summed E-state index contributed by atoms with van der Waals surface area (Å²) in [6, 6.07) is 7.73. The van der Waals surface area contributed by atoms with Crippen molar-refractivity contribution in [2.75, 3.05) is 22.5 Å². The average molecular weight is 375 g/mol. The maximum atomic E-state index is 12.6. The summed E-state index contributed by atoms with van der Waals surface area (Å²) >= 11 is 1.30. The number of aryl methyl sites for hydroxylation is 3. The van der Waals surface area contributed by atoms with E-state index in [1.54, 1.807) is 24.8 Å². The van der Waals surface area contributed by atoms with Gasteiger partial charge < -0.3 is 14.7 Å². The molecule has 0 aliphatic carbocycles. The number of rotatable bonds is 7. The second kappa shape index (κ2) is 8.89. The van der Waals surface area contributed by atoms with Crippen LogP contribution in [0.3, 0.4) is 0 Å². The molecule has 6 nitrogen and oxygen atoms in total. The molecule has 0 saturated heterocycles. The zero-order valence-electron chi connectivity index (χ0n) is 15.8. The average Bonchev–Trinajstić information content (AvgIpc) is 2.97. The molecule has 1 aromatic carbocycles. The van der Waals surface area contributed by atoms with E-state index in [9.17, 15) is 9.59 Å². The number of thioether (sulfide) groups is 1. The Kier molecular flexibility index (Phi) is 6.85. The number of aromatic nitrogens is 1. The van der Waals surface area contributed by atoms with Crippen LogP contribution in [0.15, 0.2) is 28.8 Å². The van der Waals surface area contributed by atoms with Gasteiger partial charge in [0.25, 0.3) is 0 Å². The highest BCUT2D eigenvalue weighted by Crippen LogP contribution is 2.21. The number of hydrogen-bond donors (Lipinski definition) is 1. The summed E-state index contributed by atoms with van der Waals surface area (Å²) in [6.45, 7) is 10.1. The molecule has 0 saturated carbocycles. The molecule has 2 amide bonds. The molecule has 0 bridgehead atoms. The molecule has 1 unspecified atom stereocenters. The van der Waals surface area contributed by atoms with E-state index in [1.807, 2.05) is 32.9 Å². The lowest BCUT2D eigenvalue weighted by Crippen LogP contribution is -2.33. The maximum Gasteiger partial charge on any atom is 0.238 e. The number of nitrogens with one attached hydrogen (secondary N) is 1. The molecule has 0 radical (unpaired) electrons. The van der Waals surface area contributed by atoms with Gasteiger partial charge in [-0.25, -0.2) is 0 Å². The summed E-state index contributed by atoms with van der Waals surface area (Å²) in [5.74, 6) is 1.03. The lowest BCUT2D eigenvalue weighted by Gasteiger charge is -2.22. The summed E-state index contributed by atoms with van der Waals surface area (Å²) in [5.41, 5.74) is 3.13. The fourth-order valence-corrected chi connectivity index (χ4v) is 3.37. The molecule has 1 aromatic heterocycles. The highest BCUT2D eigenvalue weighted by Gasteiger charge is 2.20. The van der Waals surface area contributed by atoms with Gasteiger partial charge >= 0.3 is 0 Å².